The molecule has 3 aromatic rings. The van der Waals surface area contributed by atoms with Crippen LogP contribution in [-0.2, 0) is 0 Å². The van der Waals surface area contributed by atoms with E-state index in [4.69, 9.17) is 28.9 Å². The summed E-state index contributed by atoms with van der Waals surface area (Å²) in [6.07, 6.45) is 1.87. The maximum Gasteiger partial charge on any atom is 0.139 e. The molecule has 0 bridgehead atoms. The summed E-state index contributed by atoms with van der Waals surface area (Å²) in [5.74, 6) is 0.551. The van der Waals surface area contributed by atoms with Crippen molar-refractivity contribution in [2.75, 3.05) is 5.73 Å². The van der Waals surface area contributed by atoms with Gasteiger partial charge in [-0.15, -0.1) is 0 Å². The van der Waals surface area contributed by atoms with Crippen LogP contribution in [0.5, 0.6) is 0 Å². The van der Waals surface area contributed by atoms with Crippen LogP contribution in [0, 0.1) is 0 Å². The van der Waals surface area contributed by atoms with Crippen LogP contribution in [0.15, 0.2) is 41.0 Å². The van der Waals surface area contributed by atoms with Gasteiger partial charge in [-0.1, -0.05) is 23.2 Å². The largest absolute Gasteiger partial charge is 0.383 e. The van der Waals surface area contributed by atoms with Gasteiger partial charge in [-0.3, -0.25) is 4.40 Å². The fraction of sp³-hybridized carbons (Fsp3) is 0. The first kappa shape index (κ1) is 12.8. The highest BCUT2D eigenvalue weighted by molar-refractivity contribution is 9.10. The van der Waals surface area contributed by atoms with E-state index in [1.165, 1.54) is 0 Å². The Hall–Kier alpha value is -1.23. The summed E-state index contributed by atoms with van der Waals surface area (Å²) in [6, 6.07) is 9.06. The number of nitrogens with zero attached hydrogens (tertiary/aromatic N) is 2. The van der Waals surface area contributed by atoms with Crippen molar-refractivity contribution < 1.29 is 0 Å². The Balaban J connectivity index is 2.27. The highest BCUT2D eigenvalue weighted by atomic mass is 79.9. The minimum atomic E-state index is 0.551. The van der Waals surface area contributed by atoms with E-state index < -0.39 is 0 Å². The first-order valence-electron chi connectivity index (χ1n) is 5.44. The molecule has 2 N–H and O–H groups in total. The zero-order valence-corrected chi connectivity index (χ0v) is 12.7. The highest BCUT2D eigenvalue weighted by Gasteiger charge is 2.12. The third-order valence-corrected chi connectivity index (χ3v) is 3.66. The second kappa shape index (κ2) is 4.71. The third kappa shape index (κ3) is 2.31. The molecule has 0 unspecified atom stereocenters. The molecule has 2 heterocycles. The number of aromatic nitrogens is 2. The van der Waals surface area contributed by atoms with E-state index in [0.29, 0.717) is 21.6 Å². The lowest BCUT2D eigenvalue weighted by Gasteiger charge is -2.01. The Morgan fingerprint density at radius 1 is 1.11 bits per heavy atom. The van der Waals surface area contributed by atoms with Crippen molar-refractivity contribution >= 4 is 50.6 Å². The molecule has 0 spiro atoms. The topological polar surface area (TPSA) is 43.3 Å². The Kier molecular flexibility index (Phi) is 3.17. The van der Waals surface area contributed by atoms with Gasteiger partial charge in [0.2, 0.25) is 0 Å². The number of nitrogens with two attached hydrogens (primary N) is 1. The number of pyridine rings is 1. The van der Waals surface area contributed by atoms with Crippen LogP contribution in [0.1, 0.15) is 0 Å². The summed E-state index contributed by atoms with van der Waals surface area (Å²) in [6.45, 7) is 0. The Morgan fingerprint density at radius 2 is 1.79 bits per heavy atom. The van der Waals surface area contributed by atoms with E-state index in [-0.39, 0.29) is 0 Å². The summed E-state index contributed by atoms with van der Waals surface area (Å²) in [7, 11) is 0. The molecule has 0 fully saturated rings. The predicted molar refractivity (Wildman–Crippen MR) is 82.8 cm³/mol. The van der Waals surface area contributed by atoms with Gasteiger partial charge in [0, 0.05) is 26.3 Å². The van der Waals surface area contributed by atoms with Crippen LogP contribution < -0.4 is 5.73 Å². The van der Waals surface area contributed by atoms with Gasteiger partial charge in [0.1, 0.15) is 17.2 Å². The van der Waals surface area contributed by atoms with Crippen molar-refractivity contribution in [2.45, 2.75) is 0 Å². The van der Waals surface area contributed by atoms with Crippen molar-refractivity contribution in [2.24, 2.45) is 0 Å². The van der Waals surface area contributed by atoms with Gasteiger partial charge in [0.25, 0.3) is 0 Å². The number of benzene rings is 1. The number of hydrogen-bond acceptors (Lipinski definition) is 2. The SMILES string of the molecule is Nc1c(-c2cc(Cl)cc(Cl)c2)nc2ccc(Br)cn12. The lowest BCUT2D eigenvalue weighted by Crippen LogP contribution is -1.94. The van der Waals surface area contributed by atoms with E-state index >= 15 is 0 Å². The first-order valence-corrected chi connectivity index (χ1v) is 6.99. The molecule has 1 aromatic carbocycles. The molecule has 0 aliphatic carbocycles. The third-order valence-electron chi connectivity index (χ3n) is 2.76. The van der Waals surface area contributed by atoms with E-state index in [1.807, 2.05) is 22.7 Å². The number of hydrogen-bond donors (Lipinski definition) is 1. The van der Waals surface area contributed by atoms with Crippen molar-refractivity contribution in [3.8, 4) is 11.3 Å². The molecule has 0 aliphatic rings. The summed E-state index contributed by atoms with van der Waals surface area (Å²) < 4.78 is 2.74. The fourth-order valence-corrected chi connectivity index (χ4v) is 2.80. The molecule has 0 atom stereocenters. The number of nitrogen functional groups attached to an aromatic ring is 1. The monoisotopic (exact) mass is 355 g/mol. The molecule has 0 saturated heterocycles. The second-order valence-electron chi connectivity index (χ2n) is 4.08. The van der Waals surface area contributed by atoms with E-state index in [2.05, 4.69) is 20.9 Å². The first-order chi connectivity index (χ1) is 9.04. The van der Waals surface area contributed by atoms with E-state index in [1.54, 1.807) is 18.2 Å². The van der Waals surface area contributed by atoms with Crippen LogP contribution in [0.3, 0.4) is 0 Å². The molecule has 3 rings (SSSR count). The maximum atomic E-state index is 6.13. The lowest BCUT2D eigenvalue weighted by atomic mass is 10.1. The number of rotatable bonds is 1. The molecule has 0 aliphatic heterocycles. The quantitative estimate of drug-likeness (QED) is 0.689. The summed E-state index contributed by atoms with van der Waals surface area (Å²) in [4.78, 5) is 4.51. The number of fused-ring (bicyclic) bond motifs is 1. The highest BCUT2D eigenvalue weighted by Crippen LogP contribution is 2.31. The fourth-order valence-electron chi connectivity index (χ4n) is 1.94. The average molecular weight is 357 g/mol. The van der Waals surface area contributed by atoms with Crippen LogP contribution in [0.2, 0.25) is 10.0 Å². The molecule has 2 aromatic heterocycles. The van der Waals surface area contributed by atoms with Gasteiger partial charge in [-0.05, 0) is 46.3 Å². The molecule has 0 amide bonds. The minimum Gasteiger partial charge on any atom is -0.383 e. The summed E-state index contributed by atoms with van der Waals surface area (Å²) in [5.41, 5.74) is 8.37. The molecule has 0 radical (unpaired) electrons. The Labute approximate surface area is 128 Å². The van der Waals surface area contributed by atoms with Crippen LogP contribution >= 0.6 is 39.1 Å². The smallest absolute Gasteiger partial charge is 0.139 e. The standard InChI is InChI=1S/C13H8BrCl2N3/c14-8-1-2-11-18-12(13(17)19(11)6-8)7-3-9(15)5-10(16)4-7/h1-6H,17H2. The van der Waals surface area contributed by atoms with Gasteiger partial charge in [-0.2, -0.15) is 0 Å². The molecule has 0 saturated carbocycles. The Morgan fingerprint density at radius 3 is 2.47 bits per heavy atom. The Bertz CT molecular complexity index is 763. The molecule has 3 nitrogen and oxygen atoms in total. The zero-order chi connectivity index (χ0) is 13.6. The predicted octanol–water partition coefficient (Wildman–Crippen LogP) is 4.65. The number of anilines is 1. The summed E-state index contributed by atoms with van der Waals surface area (Å²) >= 11 is 15.4. The van der Waals surface area contributed by atoms with Gasteiger partial charge < -0.3 is 5.73 Å². The molecule has 96 valence electrons. The van der Waals surface area contributed by atoms with Gasteiger partial charge >= 0.3 is 0 Å². The maximum absolute atomic E-state index is 6.13. The van der Waals surface area contributed by atoms with Crippen molar-refractivity contribution in [3.05, 3.63) is 51.0 Å². The molecule has 19 heavy (non-hydrogen) atoms. The number of halogens is 3. The van der Waals surface area contributed by atoms with Crippen LogP contribution in [0.25, 0.3) is 16.9 Å². The normalized spacial score (nSPS) is 11.1. The van der Waals surface area contributed by atoms with Gasteiger partial charge in [0.15, 0.2) is 0 Å². The molecular weight excluding hydrogens is 349 g/mol. The van der Waals surface area contributed by atoms with Gasteiger partial charge in [-0.25, -0.2) is 4.98 Å². The second-order valence-corrected chi connectivity index (χ2v) is 5.87. The lowest BCUT2D eigenvalue weighted by molar-refractivity contribution is 1.18. The van der Waals surface area contributed by atoms with E-state index in [0.717, 1.165) is 15.7 Å². The van der Waals surface area contributed by atoms with Crippen LogP contribution in [0.4, 0.5) is 5.82 Å². The van der Waals surface area contributed by atoms with E-state index in [9.17, 15) is 0 Å². The van der Waals surface area contributed by atoms with Crippen molar-refractivity contribution in [3.63, 3.8) is 0 Å². The van der Waals surface area contributed by atoms with Crippen molar-refractivity contribution in [1.29, 1.82) is 0 Å². The number of imidazole rings is 1. The van der Waals surface area contributed by atoms with Crippen LogP contribution in [-0.4, -0.2) is 9.38 Å². The molecular formula is C13H8BrCl2N3. The zero-order valence-electron chi connectivity index (χ0n) is 9.57. The van der Waals surface area contributed by atoms with Crippen molar-refractivity contribution in [1.82, 2.24) is 9.38 Å². The molecule has 6 heteroatoms. The summed E-state index contributed by atoms with van der Waals surface area (Å²) in [5, 5.41) is 1.11. The van der Waals surface area contributed by atoms with Gasteiger partial charge in [0.05, 0.1) is 0 Å². The average Bonchev–Trinajstić information content (AvgIpc) is 2.66. The minimum absolute atomic E-state index is 0.551.